The van der Waals surface area contributed by atoms with Crippen molar-refractivity contribution in [2.45, 2.75) is 26.4 Å². The van der Waals surface area contributed by atoms with E-state index in [9.17, 15) is 22.8 Å². The average molecular weight is 350 g/mol. The molecule has 0 saturated carbocycles. The molecule has 132 valence electrons. The summed E-state index contributed by atoms with van der Waals surface area (Å²) in [6, 6.07) is 9.72. The first-order chi connectivity index (χ1) is 11.6. The summed E-state index contributed by atoms with van der Waals surface area (Å²) in [6.45, 7) is 3.16. The van der Waals surface area contributed by atoms with E-state index in [-0.39, 0.29) is 17.9 Å². The number of benzene rings is 2. The predicted octanol–water partition coefficient (Wildman–Crippen LogP) is 4.15. The van der Waals surface area contributed by atoms with Crippen molar-refractivity contribution in [1.82, 2.24) is 0 Å². The Morgan fingerprint density at radius 2 is 1.72 bits per heavy atom. The maximum absolute atomic E-state index is 12.7. The Bertz CT molecular complexity index is 801. The van der Waals surface area contributed by atoms with Gasteiger partial charge in [0.15, 0.2) is 0 Å². The van der Waals surface area contributed by atoms with Crippen LogP contribution >= 0.6 is 0 Å². The van der Waals surface area contributed by atoms with Crippen LogP contribution in [0.25, 0.3) is 0 Å². The van der Waals surface area contributed by atoms with Crippen LogP contribution in [0, 0.1) is 6.92 Å². The minimum atomic E-state index is -4.46. The Kier molecular flexibility index (Phi) is 5.46. The molecule has 0 bridgehead atoms. The molecule has 0 aliphatic carbocycles. The first-order valence-electron chi connectivity index (χ1n) is 7.49. The molecule has 0 unspecified atom stereocenters. The minimum Gasteiger partial charge on any atom is -0.325 e. The number of alkyl halides is 3. The van der Waals surface area contributed by atoms with E-state index in [0.717, 1.165) is 17.7 Å². The number of hydrogen-bond acceptors (Lipinski definition) is 2. The van der Waals surface area contributed by atoms with Gasteiger partial charge in [-0.25, -0.2) is 0 Å². The zero-order chi connectivity index (χ0) is 18.6. The fourth-order valence-electron chi connectivity index (χ4n) is 2.30. The third-order valence-electron chi connectivity index (χ3n) is 3.38. The van der Waals surface area contributed by atoms with Crippen LogP contribution in [0.2, 0.25) is 0 Å². The van der Waals surface area contributed by atoms with Crippen molar-refractivity contribution < 1.29 is 22.8 Å². The lowest BCUT2D eigenvalue weighted by molar-refractivity contribution is -0.137. The number of hydrogen-bond donors (Lipinski definition) is 2. The topological polar surface area (TPSA) is 58.2 Å². The number of nitrogens with one attached hydrogen (secondary N) is 2. The van der Waals surface area contributed by atoms with Crippen LogP contribution in [0.3, 0.4) is 0 Å². The van der Waals surface area contributed by atoms with E-state index in [2.05, 4.69) is 10.6 Å². The average Bonchev–Trinajstić information content (AvgIpc) is 2.49. The lowest BCUT2D eigenvalue weighted by Crippen LogP contribution is -2.17. The molecule has 0 heterocycles. The fourth-order valence-corrected chi connectivity index (χ4v) is 2.30. The Labute approximate surface area is 143 Å². The van der Waals surface area contributed by atoms with Crippen molar-refractivity contribution in [3.05, 3.63) is 59.2 Å². The Morgan fingerprint density at radius 3 is 2.36 bits per heavy atom. The molecule has 2 amide bonds. The van der Waals surface area contributed by atoms with Gasteiger partial charge in [-0.15, -0.1) is 0 Å². The number of halogens is 3. The molecule has 2 aromatic rings. The summed E-state index contributed by atoms with van der Waals surface area (Å²) >= 11 is 0. The summed E-state index contributed by atoms with van der Waals surface area (Å²) in [5.41, 5.74) is 1.14. The van der Waals surface area contributed by atoms with Gasteiger partial charge in [-0.2, -0.15) is 13.2 Å². The van der Waals surface area contributed by atoms with Crippen LogP contribution in [0.15, 0.2) is 42.5 Å². The van der Waals surface area contributed by atoms with E-state index < -0.39 is 17.6 Å². The van der Waals surface area contributed by atoms with Gasteiger partial charge in [0, 0.05) is 6.92 Å². The number of carbonyl (C=O) groups is 2. The normalized spacial score (nSPS) is 11.1. The lowest BCUT2D eigenvalue weighted by Gasteiger charge is -2.13. The smallest absolute Gasteiger partial charge is 0.325 e. The largest absolute Gasteiger partial charge is 0.416 e. The zero-order valence-electron chi connectivity index (χ0n) is 13.7. The molecule has 0 aliphatic rings. The highest BCUT2D eigenvalue weighted by Gasteiger charge is 2.30. The van der Waals surface area contributed by atoms with E-state index in [4.69, 9.17) is 0 Å². The summed E-state index contributed by atoms with van der Waals surface area (Å²) in [4.78, 5) is 23.4. The molecule has 0 aromatic heterocycles. The number of anilines is 2. The molecule has 7 heteroatoms. The van der Waals surface area contributed by atoms with Crippen molar-refractivity contribution in [3.8, 4) is 0 Å². The summed E-state index contributed by atoms with van der Waals surface area (Å²) in [7, 11) is 0. The first-order valence-corrected chi connectivity index (χ1v) is 7.49. The van der Waals surface area contributed by atoms with Gasteiger partial charge in [0.05, 0.1) is 23.4 Å². The van der Waals surface area contributed by atoms with Crippen molar-refractivity contribution >= 4 is 23.2 Å². The van der Waals surface area contributed by atoms with Crippen molar-refractivity contribution in [2.75, 3.05) is 10.6 Å². The van der Waals surface area contributed by atoms with Gasteiger partial charge in [-0.3, -0.25) is 9.59 Å². The van der Waals surface area contributed by atoms with Gasteiger partial charge in [-0.1, -0.05) is 24.3 Å². The van der Waals surface area contributed by atoms with E-state index in [1.54, 1.807) is 18.2 Å². The van der Waals surface area contributed by atoms with E-state index in [1.807, 2.05) is 6.92 Å². The summed E-state index contributed by atoms with van der Waals surface area (Å²) in [6.07, 6.45) is -4.67. The first kappa shape index (κ1) is 18.5. The molecule has 0 aliphatic heterocycles. The predicted molar refractivity (Wildman–Crippen MR) is 89.3 cm³/mol. The fraction of sp³-hybridized carbons (Fsp3) is 0.222. The molecule has 0 saturated heterocycles. The van der Waals surface area contributed by atoms with Crippen LogP contribution in [0.1, 0.15) is 23.6 Å². The third-order valence-corrected chi connectivity index (χ3v) is 3.38. The van der Waals surface area contributed by atoms with Gasteiger partial charge in [0.25, 0.3) is 0 Å². The summed E-state index contributed by atoms with van der Waals surface area (Å²) in [5.74, 6) is -0.770. The summed E-state index contributed by atoms with van der Waals surface area (Å²) < 4.78 is 38.2. The standard InChI is InChI=1S/C18H17F3N2O2/c1-11-6-7-15(22-12(2)24)16(8-11)23-17(25)10-13-4-3-5-14(9-13)18(19,20)21/h3-9H,10H2,1-2H3,(H,22,24)(H,23,25). The number of amides is 2. The van der Waals surface area contributed by atoms with E-state index in [1.165, 1.54) is 19.1 Å². The van der Waals surface area contributed by atoms with Crippen LogP contribution in [0.5, 0.6) is 0 Å². The molecule has 0 spiro atoms. The molecular weight excluding hydrogens is 333 g/mol. The maximum atomic E-state index is 12.7. The van der Waals surface area contributed by atoms with Gasteiger partial charge in [0.1, 0.15) is 0 Å². The third kappa shape index (κ3) is 5.34. The molecule has 2 aromatic carbocycles. The van der Waals surface area contributed by atoms with E-state index in [0.29, 0.717) is 11.4 Å². The second-order valence-electron chi connectivity index (χ2n) is 5.65. The van der Waals surface area contributed by atoms with Gasteiger partial charge in [-0.05, 0) is 36.2 Å². The molecule has 25 heavy (non-hydrogen) atoms. The Morgan fingerprint density at radius 1 is 1.00 bits per heavy atom. The van der Waals surface area contributed by atoms with Gasteiger partial charge in [0.2, 0.25) is 11.8 Å². The quantitative estimate of drug-likeness (QED) is 0.870. The monoisotopic (exact) mass is 350 g/mol. The minimum absolute atomic E-state index is 0.211. The van der Waals surface area contributed by atoms with Gasteiger partial charge < -0.3 is 10.6 Å². The number of carbonyl (C=O) groups excluding carboxylic acids is 2. The SMILES string of the molecule is CC(=O)Nc1ccc(C)cc1NC(=O)Cc1cccc(C(F)(F)F)c1. The maximum Gasteiger partial charge on any atom is 0.416 e. The zero-order valence-corrected chi connectivity index (χ0v) is 13.7. The van der Waals surface area contributed by atoms with Crippen molar-refractivity contribution in [2.24, 2.45) is 0 Å². The Balaban J connectivity index is 2.16. The highest BCUT2D eigenvalue weighted by Crippen LogP contribution is 2.30. The van der Waals surface area contributed by atoms with Crippen LogP contribution < -0.4 is 10.6 Å². The van der Waals surface area contributed by atoms with Crippen LogP contribution in [0.4, 0.5) is 24.5 Å². The highest BCUT2D eigenvalue weighted by atomic mass is 19.4. The van der Waals surface area contributed by atoms with Crippen LogP contribution in [-0.4, -0.2) is 11.8 Å². The van der Waals surface area contributed by atoms with Crippen LogP contribution in [-0.2, 0) is 22.2 Å². The van der Waals surface area contributed by atoms with Crippen molar-refractivity contribution in [3.63, 3.8) is 0 Å². The summed E-state index contributed by atoms with van der Waals surface area (Å²) in [5, 5.41) is 5.22. The highest BCUT2D eigenvalue weighted by molar-refractivity contribution is 5.99. The lowest BCUT2D eigenvalue weighted by atomic mass is 10.1. The van der Waals surface area contributed by atoms with E-state index >= 15 is 0 Å². The molecule has 2 rings (SSSR count). The second-order valence-corrected chi connectivity index (χ2v) is 5.65. The van der Waals surface area contributed by atoms with Crippen molar-refractivity contribution in [1.29, 1.82) is 0 Å². The number of aryl methyl sites for hydroxylation is 1. The molecule has 2 N–H and O–H groups in total. The number of rotatable bonds is 4. The molecular formula is C18H17F3N2O2. The second kappa shape index (κ2) is 7.38. The molecule has 0 radical (unpaired) electrons. The molecule has 0 atom stereocenters. The van der Waals surface area contributed by atoms with Gasteiger partial charge >= 0.3 is 6.18 Å². The molecule has 4 nitrogen and oxygen atoms in total. The Hall–Kier alpha value is -2.83. The molecule has 0 fully saturated rings.